The van der Waals surface area contributed by atoms with Crippen molar-refractivity contribution < 1.29 is 9.50 Å². The van der Waals surface area contributed by atoms with Gasteiger partial charge in [0.25, 0.3) is 0 Å². The van der Waals surface area contributed by atoms with Crippen LogP contribution in [0.15, 0.2) is 48.5 Å². The Morgan fingerprint density at radius 3 is 2.37 bits per heavy atom. The first-order valence-corrected chi connectivity index (χ1v) is 5.91. The number of aliphatic hydroxyl groups excluding tert-OH is 1. The number of nitrogens with two attached hydrogens (primary N) is 1. The highest BCUT2D eigenvalue weighted by Gasteiger charge is 2.08. The van der Waals surface area contributed by atoms with Crippen LogP contribution in [-0.2, 0) is 6.42 Å². The molecule has 0 saturated carbocycles. The normalized spacial score (nSPS) is 11.7. The molecule has 0 aliphatic rings. The van der Waals surface area contributed by atoms with Gasteiger partial charge in [0.05, 0.1) is 6.61 Å². The summed E-state index contributed by atoms with van der Waals surface area (Å²) in [5.41, 5.74) is 7.87. The van der Waals surface area contributed by atoms with E-state index < -0.39 is 0 Å². The van der Waals surface area contributed by atoms with Crippen LogP contribution in [0.5, 0.6) is 0 Å². The largest absolute Gasteiger partial charge is 0.395 e. The summed E-state index contributed by atoms with van der Waals surface area (Å²) in [6, 6.07) is 14.1. The van der Waals surface area contributed by atoms with Crippen molar-refractivity contribution in [2.24, 2.45) is 5.73 Å². The first-order valence-electron chi connectivity index (χ1n) is 5.91. The van der Waals surface area contributed by atoms with Gasteiger partial charge in [0.15, 0.2) is 0 Å². The fourth-order valence-electron chi connectivity index (χ4n) is 1.90. The molecule has 19 heavy (non-hydrogen) atoms. The van der Waals surface area contributed by atoms with E-state index in [2.05, 4.69) is 0 Å². The molecule has 2 aromatic rings. The lowest BCUT2D eigenvalue weighted by molar-refractivity contribution is 0.265. The van der Waals surface area contributed by atoms with Gasteiger partial charge in [0, 0.05) is 11.6 Å². The maximum Gasteiger partial charge on any atom is 0.131 e. The molecular formula is C15H17ClFNO. The van der Waals surface area contributed by atoms with Crippen molar-refractivity contribution in [3.8, 4) is 11.1 Å². The van der Waals surface area contributed by atoms with E-state index in [0.29, 0.717) is 12.0 Å². The highest BCUT2D eigenvalue weighted by Crippen LogP contribution is 2.23. The average Bonchev–Trinajstić information content (AvgIpc) is 2.40. The van der Waals surface area contributed by atoms with E-state index in [-0.39, 0.29) is 30.9 Å². The van der Waals surface area contributed by atoms with Gasteiger partial charge in [0.2, 0.25) is 0 Å². The van der Waals surface area contributed by atoms with Gasteiger partial charge in [-0.1, -0.05) is 42.5 Å². The molecule has 2 nitrogen and oxygen atoms in total. The maximum absolute atomic E-state index is 14.0. The smallest absolute Gasteiger partial charge is 0.131 e. The third-order valence-corrected chi connectivity index (χ3v) is 2.85. The Morgan fingerprint density at radius 2 is 1.79 bits per heavy atom. The second kappa shape index (κ2) is 7.24. The first kappa shape index (κ1) is 15.6. The average molecular weight is 282 g/mol. The lowest BCUT2D eigenvalue weighted by Gasteiger charge is -2.10. The number of rotatable bonds is 4. The van der Waals surface area contributed by atoms with Gasteiger partial charge in [-0.25, -0.2) is 4.39 Å². The molecule has 2 rings (SSSR count). The number of aliphatic hydroxyl groups is 1. The zero-order chi connectivity index (χ0) is 13.0. The topological polar surface area (TPSA) is 46.2 Å². The number of halogens is 2. The Kier molecular flexibility index (Phi) is 5.96. The molecule has 0 heterocycles. The Labute approximate surface area is 118 Å². The van der Waals surface area contributed by atoms with Crippen molar-refractivity contribution in [3.63, 3.8) is 0 Å². The lowest BCUT2D eigenvalue weighted by atomic mass is 10.0. The summed E-state index contributed by atoms with van der Waals surface area (Å²) < 4.78 is 14.0. The molecule has 0 fully saturated rings. The van der Waals surface area contributed by atoms with Crippen LogP contribution in [0.2, 0.25) is 0 Å². The molecule has 0 aromatic heterocycles. The van der Waals surface area contributed by atoms with Crippen molar-refractivity contribution in [2.75, 3.05) is 6.61 Å². The van der Waals surface area contributed by atoms with E-state index in [1.54, 1.807) is 6.07 Å². The molecule has 1 atom stereocenters. The van der Waals surface area contributed by atoms with Crippen LogP contribution in [-0.4, -0.2) is 17.8 Å². The molecule has 102 valence electrons. The maximum atomic E-state index is 14.0. The monoisotopic (exact) mass is 281 g/mol. The quantitative estimate of drug-likeness (QED) is 0.905. The standard InChI is InChI=1S/C15H16FNO.ClH/c16-15-9-11(8-13(17)10-18)6-7-14(15)12-4-2-1-3-5-12;/h1-7,9,13,18H,8,10,17H2;1H. The molecule has 0 aliphatic heterocycles. The van der Waals surface area contributed by atoms with Crippen LogP contribution in [0.3, 0.4) is 0 Å². The molecule has 1 unspecified atom stereocenters. The van der Waals surface area contributed by atoms with Crippen LogP contribution >= 0.6 is 12.4 Å². The molecule has 0 bridgehead atoms. The summed E-state index contributed by atoms with van der Waals surface area (Å²) in [5.74, 6) is -0.260. The summed E-state index contributed by atoms with van der Waals surface area (Å²) in [5, 5.41) is 8.88. The van der Waals surface area contributed by atoms with Gasteiger partial charge in [-0.2, -0.15) is 0 Å². The third kappa shape index (κ3) is 4.03. The minimum absolute atomic E-state index is 0. The predicted molar refractivity (Wildman–Crippen MR) is 77.8 cm³/mol. The zero-order valence-corrected chi connectivity index (χ0v) is 11.2. The van der Waals surface area contributed by atoms with Crippen molar-refractivity contribution in [1.29, 1.82) is 0 Å². The Bertz CT molecular complexity index is 519. The van der Waals surface area contributed by atoms with Gasteiger partial charge in [-0.15, -0.1) is 12.4 Å². The predicted octanol–water partition coefficient (Wildman–Crippen LogP) is 2.78. The molecule has 4 heteroatoms. The molecule has 0 saturated heterocycles. The van der Waals surface area contributed by atoms with E-state index in [1.807, 2.05) is 36.4 Å². The van der Waals surface area contributed by atoms with Gasteiger partial charge in [0.1, 0.15) is 5.82 Å². The van der Waals surface area contributed by atoms with Gasteiger partial charge in [-0.3, -0.25) is 0 Å². The number of hydrogen-bond acceptors (Lipinski definition) is 2. The molecule has 0 aliphatic carbocycles. The van der Waals surface area contributed by atoms with E-state index in [9.17, 15) is 4.39 Å². The van der Waals surface area contributed by atoms with Gasteiger partial charge >= 0.3 is 0 Å². The van der Waals surface area contributed by atoms with E-state index in [4.69, 9.17) is 10.8 Å². The summed E-state index contributed by atoms with van der Waals surface area (Å²) in [6.07, 6.45) is 0.475. The second-order valence-electron chi connectivity index (χ2n) is 4.33. The van der Waals surface area contributed by atoms with Crippen LogP contribution in [0.1, 0.15) is 5.56 Å². The Balaban J connectivity index is 0.00000180. The Hall–Kier alpha value is -1.42. The summed E-state index contributed by atoms with van der Waals surface area (Å²) in [4.78, 5) is 0. The first-order chi connectivity index (χ1) is 8.70. The Morgan fingerprint density at radius 1 is 1.11 bits per heavy atom. The van der Waals surface area contributed by atoms with Crippen molar-refractivity contribution >= 4 is 12.4 Å². The SMILES string of the molecule is Cl.NC(CO)Cc1ccc(-c2ccccc2)c(F)c1. The van der Waals surface area contributed by atoms with E-state index in [1.165, 1.54) is 6.07 Å². The number of benzene rings is 2. The summed E-state index contributed by atoms with van der Waals surface area (Å²) >= 11 is 0. The summed E-state index contributed by atoms with van der Waals surface area (Å²) in [7, 11) is 0. The zero-order valence-electron chi connectivity index (χ0n) is 10.4. The number of hydrogen-bond donors (Lipinski definition) is 2. The fraction of sp³-hybridized carbons (Fsp3) is 0.200. The molecular weight excluding hydrogens is 265 g/mol. The second-order valence-corrected chi connectivity index (χ2v) is 4.33. The van der Waals surface area contributed by atoms with Crippen molar-refractivity contribution in [2.45, 2.75) is 12.5 Å². The van der Waals surface area contributed by atoms with E-state index in [0.717, 1.165) is 11.1 Å². The molecule has 0 amide bonds. The highest BCUT2D eigenvalue weighted by atomic mass is 35.5. The fourth-order valence-corrected chi connectivity index (χ4v) is 1.90. The lowest BCUT2D eigenvalue weighted by Crippen LogP contribution is -2.26. The van der Waals surface area contributed by atoms with Crippen LogP contribution < -0.4 is 5.73 Å². The molecule has 0 radical (unpaired) electrons. The molecule has 3 N–H and O–H groups in total. The van der Waals surface area contributed by atoms with E-state index >= 15 is 0 Å². The summed E-state index contributed by atoms with van der Waals surface area (Å²) in [6.45, 7) is -0.0952. The molecule has 2 aromatic carbocycles. The van der Waals surface area contributed by atoms with Gasteiger partial charge in [-0.05, 0) is 23.6 Å². The van der Waals surface area contributed by atoms with Crippen molar-refractivity contribution in [1.82, 2.24) is 0 Å². The highest BCUT2D eigenvalue weighted by molar-refractivity contribution is 5.85. The van der Waals surface area contributed by atoms with Crippen LogP contribution in [0, 0.1) is 5.82 Å². The van der Waals surface area contributed by atoms with Gasteiger partial charge < -0.3 is 10.8 Å². The van der Waals surface area contributed by atoms with Crippen LogP contribution in [0.25, 0.3) is 11.1 Å². The third-order valence-electron chi connectivity index (χ3n) is 2.85. The van der Waals surface area contributed by atoms with Crippen molar-refractivity contribution in [3.05, 3.63) is 59.9 Å². The molecule has 0 spiro atoms. The van der Waals surface area contributed by atoms with Crippen LogP contribution in [0.4, 0.5) is 4.39 Å². The minimum Gasteiger partial charge on any atom is -0.395 e. The minimum atomic E-state index is -0.341.